The van der Waals surface area contributed by atoms with Crippen LogP contribution in [0.1, 0.15) is 50.2 Å². The van der Waals surface area contributed by atoms with E-state index in [0.717, 1.165) is 25.1 Å². The van der Waals surface area contributed by atoms with E-state index in [2.05, 4.69) is 9.97 Å². The predicted molar refractivity (Wildman–Crippen MR) is 92.7 cm³/mol. The van der Waals surface area contributed by atoms with Crippen molar-refractivity contribution >= 4 is 17.8 Å². The summed E-state index contributed by atoms with van der Waals surface area (Å²) in [6.07, 6.45) is 2.81. The first-order chi connectivity index (χ1) is 12.5. The number of aryl methyl sites for hydroxylation is 1. The van der Waals surface area contributed by atoms with Gasteiger partial charge >= 0.3 is 6.09 Å². The minimum Gasteiger partial charge on any atom is -0.440 e. The second kappa shape index (κ2) is 6.50. The fraction of sp³-hybridized carbons (Fsp3) is 0.667. The zero-order valence-corrected chi connectivity index (χ0v) is 15.2. The normalized spacial score (nSPS) is 25.0. The molecular formula is C18H24N4O4. The van der Waals surface area contributed by atoms with Crippen LogP contribution in [0.3, 0.4) is 0 Å². The lowest BCUT2D eigenvalue weighted by atomic mass is 9.94. The van der Waals surface area contributed by atoms with Gasteiger partial charge in [-0.15, -0.1) is 0 Å². The number of nitrogens with zero attached hydrogens (tertiary/aromatic N) is 4. The van der Waals surface area contributed by atoms with Crippen LogP contribution in [0.25, 0.3) is 0 Å². The van der Waals surface area contributed by atoms with Gasteiger partial charge < -0.3 is 14.4 Å². The fourth-order valence-electron chi connectivity index (χ4n) is 4.08. The molecule has 1 aromatic heterocycles. The zero-order valence-electron chi connectivity index (χ0n) is 15.2. The van der Waals surface area contributed by atoms with Gasteiger partial charge in [0.05, 0.1) is 25.8 Å². The summed E-state index contributed by atoms with van der Waals surface area (Å²) in [6, 6.07) is 1.68. The summed E-state index contributed by atoms with van der Waals surface area (Å²) in [5.74, 6) is 1.19. The number of rotatable bonds is 2. The van der Waals surface area contributed by atoms with Crippen LogP contribution in [0, 0.1) is 6.92 Å². The Balaban J connectivity index is 1.62. The number of ether oxygens (including phenoxy) is 2. The Hall–Kier alpha value is -2.22. The van der Waals surface area contributed by atoms with Crippen LogP contribution in [-0.4, -0.2) is 58.8 Å². The third-order valence-electron chi connectivity index (χ3n) is 5.46. The Labute approximate surface area is 152 Å². The average molecular weight is 360 g/mol. The van der Waals surface area contributed by atoms with Crippen molar-refractivity contribution in [3.63, 3.8) is 0 Å². The summed E-state index contributed by atoms with van der Waals surface area (Å²) in [5.41, 5.74) is 0.300. The highest BCUT2D eigenvalue weighted by molar-refractivity contribution is 5.89. The molecule has 2 amide bonds. The van der Waals surface area contributed by atoms with Crippen molar-refractivity contribution in [1.29, 1.82) is 0 Å². The molecule has 0 N–H and O–H groups in total. The number of anilines is 1. The summed E-state index contributed by atoms with van der Waals surface area (Å²) in [5, 5.41) is 0. The Kier molecular flexibility index (Phi) is 4.30. The number of amides is 2. The molecule has 4 rings (SSSR count). The lowest BCUT2D eigenvalue weighted by molar-refractivity contribution is -0.129. The number of carbonyl (C=O) groups excluding carboxylic acids is 2. The minimum absolute atomic E-state index is 0.0286. The monoisotopic (exact) mass is 360 g/mol. The third-order valence-corrected chi connectivity index (χ3v) is 5.46. The van der Waals surface area contributed by atoms with E-state index in [9.17, 15) is 9.59 Å². The summed E-state index contributed by atoms with van der Waals surface area (Å²) >= 11 is 0. The zero-order chi connectivity index (χ0) is 18.3. The van der Waals surface area contributed by atoms with Gasteiger partial charge in [-0.05, 0) is 19.8 Å². The highest BCUT2D eigenvalue weighted by Crippen LogP contribution is 2.36. The molecule has 1 aromatic rings. The van der Waals surface area contributed by atoms with E-state index in [1.165, 1.54) is 0 Å². The van der Waals surface area contributed by atoms with Gasteiger partial charge in [-0.3, -0.25) is 9.69 Å². The van der Waals surface area contributed by atoms with Gasteiger partial charge in [0.2, 0.25) is 5.91 Å². The molecule has 8 heteroatoms. The number of aromatic nitrogens is 2. The molecule has 26 heavy (non-hydrogen) atoms. The van der Waals surface area contributed by atoms with Crippen molar-refractivity contribution in [1.82, 2.24) is 14.9 Å². The van der Waals surface area contributed by atoms with Crippen molar-refractivity contribution < 1.29 is 19.1 Å². The van der Waals surface area contributed by atoms with E-state index in [-0.39, 0.29) is 18.0 Å². The van der Waals surface area contributed by atoms with Crippen molar-refractivity contribution in [3.8, 4) is 0 Å². The molecule has 3 aliphatic heterocycles. The molecule has 1 atom stereocenters. The van der Waals surface area contributed by atoms with Gasteiger partial charge in [-0.1, -0.05) is 0 Å². The molecule has 0 saturated carbocycles. The van der Waals surface area contributed by atoms with Crippen LogP contribution >= 0.6 is 0 Å². The second-order valence-electron chi connectivity index (χ2n) is 7.35. The average Bonchev–Trinajstić information content (AvgIpc) is 3.20. The first-order valence-corrected chi connectivity index (χ1v) is 9.18. The SMILES string of the molecule is CC(=O)N1CCC[C@H]1c1nc(C)cc(N2CC3(CCOCC3)OC2=O)n1. The molecule has 0 aromatic carbocycles. The first-order valence-electron chi connectivity index (χ1n) is 9.18. The van der Waals surface area contributed by atoms with Gasteiger partial charge in [-0.2, -0.15) is 0 Å². The molecule has 0 radical (unpaired) electrons. The molecule has 8 nitrogen and oxygen atoms in total. The van der Waals surface area contributed by atoms with Crippen LogP contribution in [0.2, 0.25) is 0 Å². The highest BCUT2D eigenvalue weighted by Gasteiger charge is 2.47. The Morgan fingerprint density at radius 1 is 1.31 bits per heavy atom. The molecule has 0 aliphatic carbocycles. The van der Waals surface area contributed by atoms with Crippen molar-refractivity contribution in [2.24, 2.45) is 0 Å². The topological polar surface area (TPSA) is 84.9 Å². The Morgan fingerprint density at radius 2 is 2.08 bits per heavy atom. The molecule has 0 unspecified atom stereocenters. The standard InChI is InChI=1S/C18H24N4O4/c1-12-10-15(20-16(19-12)14-4-3-7-21(14)13(2)23)22-11-18(26-17(22)24)5-8-25-9-6-18/h10,14H,3-9,11H2,1-2H3/t14-/m0/s1. The van der Waals surface area contributed by atoms with Gasteiger partial charge in [0.15, 0.2) is 5.82 Å². The van der Waals surface area contributed by atoms with E-state index in [4.69, 9.17) is 9.47 Å². The van der Waals surface area contributed by atoms with E-state index in [1.807, 2.05) is 6.92 Å². The molecule has 1 spiro atoms. The van der Waals surface area contributed by atoms with E-state index < -0.39 is 5.60 Å². The minimum atomic E-state index is -0.479. The molecule has 3 saturated heterocycles. The molecular weight excluding hydrogens is 336 g/mol. The first kappa shape index (κ1) is 17.2. The molecule has 140 valence electrons. The number of hydrogen-bond acceptors (Lipinski definition) is 6. The van der Waals surface area contributed by atoms with Gasteiger partial charge in [0.1, 0.15) is 11.4 Å². The predicted octanol–water partition coefficient (Wildman–Crippen LogP) is 1.97. The van der Waals surface area contributed by atoms with Crippen LogP contribution in [-0.2, 0) is 14.3 Å². The summed E-state index contributed by atoms with van der Waals surface area (Å²) < 4.78 is 11.1. The lowest BCUT2D eigenvalue weighted by Crippen LogP contribution is -2.40. The molecule has 4 heterocycles. The van der Waals surface area contributed by atoms with Gasteiger partial charge in [0, 0.05) is 38.1 Å². The van der Waals surface area contributed by atoms with Crippen LogP contribution in [0.5, 0.6) is 0 Å². The van der Waals surface area contributed by atoms with Gasteiger partial charge in [-0.25, -0.2) is 14.8 Å². The van der Waals surface area contributed by atoms with Gasteiger partial charge in [0.25, 0.3) is 0 Å². The summed E-state index contributed by atoms with van der Waals surface area (Å²) in [7, 11) is 0. The number of hydrogen-bond donors (Lipinski definition) is 0. The van der Waals surface area contributed by atoms with Crippen LogP contribution in [0.4, 0.5) is 10.6 Å². The largest absolute Gasteiger partial charge is 0.440 e. The molecule has 3 aliphatic rings. The maximum atomic E-state index is 12.5. The van der Waals surface area contributed by atoms with E-state index >= 15 is 0 Å². The summed E-state index contributed by atoms with van der Waals surface area (Å²) in [6.45, 7) is 5.86. The highest BCUT2D eigenvalue weighted by atomic mass is 16.6. The van der Waals surface area contributed by atoms with Crippen molar-refractivity contribution in [2.75, 3.05) is 31.2 Å². The van der Waals surface area contributed by atoms with E-state index in [1.54, 1.807) is 22.8 Å². The summed E-state index contributed by atoms with van der Waals surface area (Å²) in [4.78, 5) is 37.0. The van der Waals surface area contributed by atoms with Crippen LogP contribution < -0.4 is 4.90 Å². The maximum absolute atomic E-state index is 12.5. The molecule has 3 fully saturated rings. The Bertz CT molecular complexity index is 732. The Morgan fingerprint density at radius 3 is 2.81 bits per heavy atom. The smallest absolute Gasteiger partial charge is 0.416 e. The third kappa shape index (κ3) is 3.02. The maximum Gasteiger partial charge on any atom is 0.416 e. The lowest BCUT2D eigenvalue weighted by Gasteiger charge is -2.30. The van der Waals surface area contributed by atoms with Crippen molar-refractivity contribution in [3.05, 3.63) is 17.6 Å². The van der Waals surface area contributed by atoms with Crippen molar-refractivity contribution in [2.45, 2.75) is 51.2 Å². The fourth-order valence-corrected chi connectivity index (χ4v) is 4.08. The second-order valence-corrected chi connectivity index (χ2v) is 7.35. The van der Waals surface area contributed by atoms with Crippen LogP contribution in [0.15, 0.2) is 6.07 Å². The van der Waals surface area contributed by atoms with E-state index in [0.29, 0.717) is 44.2 Å². The molecule has 0 bridgehead atoms. The quantitative estimate of drug-likeness (QED) is 0.802. The number of likely N-dealkylation sites (tertiary alicyclic amines) is 1. The number of carbonyl (C=O) groups is 2.